The molecular weight excluding hydrogens is 213 g/mol. The highest BCUT2D eigenvalue weighted by atomic mass is 35.5. The highest BCUT2D eigenvalue weighted by Gasteiger charge is 2.06. The maximum Gasteiger partial charge on any atom is 0.165 e. The first-order valence-electron chi connectivity index (χ1n) is 3.29. The van der Waals surface area contributed by atoms with Crippen LogP contribution in [0.15, 0.2) is 12.3 Å². The highest BCUT2D eigenvalue weighted by molar-refractivity contribution is 6.99. The van der Waals surface area contributed by atoms with Crippen LogP contribution >= 0.6 is 23.3 Å². The Morgan fingerprint density at radius 2 is 2.38 bits per heavy atom. The topological polar surface area (TPSA) is 38.7 Å². The Kier molecular flexibility index (Phi) is 2.20. The van der Waals surface area contributed by atoms with Crippen LogP contribution in [-0.2, 0) is 0 Å². The Labute approximate surface area is 82.5 Å². The molecule has 1 radical (unpaired) electrons. The van der Waals surface area contributed by atoms with Crippen molar-refractivity contribution in [3.63, 3.8) is 0 Å². The average molecular weight is 215 g/mol. The Balaban J connectivity index is 2.49. The number of pyridine rings is 1. The average Bonchev–Trinajstić information content (AvgIpc) is 2.62. The fraction of sp³-hybridized carbons (Fsp3) is 0. The van der Waals surface area contributed by atoms with Gasteiger partial charge in [-0.05, 0) is 6.07 Å². The zero-order chi connectivity index (χ0) is 9.26. The molecule has 0 aliphatic heterocycles. The van der Waals surface area contributed by atoms with Crippen LogP contribution in [-0.4, -0.2) is 13.7 Å². The molecule has 0 aromatic carbocycles. The van der Waals surface area contributed by atoms with Gasteiger partial charge in [0.05, 0.1) is 17.9 Å². The predicted octanol–water partition coefficient (Wildman–Crippen LogP) is 2.19. The first-order valence-corrected chi connectivity index (χ1v) is 4.40. The summed E-state index contributed by atoms with van der Waals surface area (Å²) in [7, 11) is 0. The summed E-state index contributed by atoms with van der Waals surface area (Å²) in [5.41, 5.74) is 0.951. The fourth-order valence-electron chi connectivity index (χ4n) is 0.775. The normalized spacial score (nSPS) is 10.3. The zero-order valence-corrected chi connectivity index (χ0v) is 7.73. The van der Waals surface area contributed by atoms with Gasteiger partial charge in [0.15, 0.2) is 11.0 Å². The van der Waals surface area contributed by atoms with Gasteiger partial charge in [-0.1, -0.05) is 11.6 Å². The second-order valence-electron chi connectivity index (χ2n) is 2.18. The second-order valence-corrected chi connectivity index (χ2v) is 3.10. The first-order chi connectivity index (χ1) is 6.27. The van der Waals surface area contributed by atoms with E-state index >= 15 is 0 Å². The molecule has 0 aliphatic carbocycles. The molecule has 0 aliphatic rings. The minimum atomic E-state index is -0.589. The quantitative estimate of drug-likeness (QED) is 0.683. The third-order valence-electron chi connectivity index (χ3n) is 1.35. The molecule has 0 atom stereocenters. The van der Waals surface area contributed by atoms with E-state index in [1.54, 1.807) is 0 Å². The molecule has 0 saturated carbocycles. The summed E-state index contributed by atoms with van der Waals surface area (Å²) in [4.78, 5) is 3.75. The van der Waals surface area contributed by atoms with Gasteiger partial charge in [0.25, 0.3) is 0 Å². The van der Waals surface area contributed by atoms with Crippen LogP contribution in [0, 0.1) is 11.9 Å². The van der Waals surface area contributed by atoms with Gasteiger partial charge < -0.3 is 0 Å². The van der Waals surface area contributed by atoms with Gasteiger partial charge in [0, 0.05) is 6.07 Å². The number of hydrogen-bond acceptors (Lipinski definition) is 4. The van der Waals surface area contributed by atoms with Crippen LogP contribution in [0.2, 0.25) is 5.15 Å². The van der Waals surface area contributed by atoms with Gasteiger partial charge in [0.2, 0.25) is 0 Å². The smallest absolute Gasteiger partial charge is 0.165 e. The van der Waals surface area contributed by atoms with Crippen LogP contribution in [0.3, 0.4) is 0 Å². The minimum absolute atomic E-state index is 0.179. The molecule has 0 saturated heterocycles. The zero-order valence-electron chi connectivity index (χ0n) is 6.16. The van der Waals surface area contributed by atoms with Crippen LogP contribution in [0.4, 0.5) is 4.39 Å². The van der Waals surface area contributed by atoms with Crippen molar-refractivity contribution in [2.45, 2.75) is 0 Å². The van der Waals surface area contributed by atoms with Crippen molar-refractivity contribution in [3.05, 3.63) is 29.3 Å². The molecule has 0 amide bonds. The summed E-state index contributed by atoms with van der Waals surface area (Å²) in [5.74, 6) is -0.589. The standard InChI is InChI=1S/C7H2ClFN3S/c8-7-4(9)1-2-5(11-7)6-3-10-13-12-6/h1,3H. The Morgan fingerprint density at radius 3 is 3.00 bits per heavy atom. The third kappa shape index (κ3) is 1.66. The summed E-state index contributed by atoms with van der Waals surface area (Å²) >= 11 is 6.53. The number of aromatic nitrogens is 3. The van der Waals surface area contributed by atoms with Crippen molar-refractivity contribution in [3.8, 4) is 11.4 Å². The molecule has 3 nitrogen and oxygen atoms in total. The predicted molar refractivity (Wildman–Crippen MR) is 46.9 cm³/mol. The van der Waals surface area contributed by atoms with Gasteiger partial charge in [-0.2, -0.15) is 8.75 Å². The third-order valence-corrected chi connectivity index (χ3v) is 2.09. The molecule has 6 heteroatoms. The van der Waals surface area contributed by atoms with E-state index in [-0.39, 0.29) is 5.15 Å². The van der Waals surface area contributed by atoms with Crippen LogP contribution in [0.25, 0.3) is 11.4 Å². The molecule has 0 fully saturated rings. The maximum absolute atomic E-state index is 12.7. The minimum Gasteiger partial charge on any atom is -0.231 e. The summed E-state index contributed by atoms with van der Waals surface area (Å²) in [6, 6.07) is 3.74. The van der Waals surface area contributed by atoms with Crippen molar-refractivity contribution in [2.24, 2.45) is 0 Å². The number of hydrogen-bond donors (Lipinski definition) is 0. The lowest BCUT2D eigenvalue weighted by atomic mass is 10.3. The summed E-state index contributed by atoms with van der Waals surface area (Å²) < 4.78 is 20.4. The van der Waals surface area contributed by atoms with E-state index in [9.17, 15) is 4.39 Å². The van der Waals surface area contributed by atoms with Crippen molar-refractivity contribution >= 4 is 23.3 Å². The summed E-state index contributed by atoms with van der Waals surface area (Å²) in [6.07, 6.45) is 1.53. The number of halogens is 2. The van der Waals surface area contributed by atoms with Crippen molar-refractivity contribution in [1.82, 2.24) is 13.7 Å². The molecule has 65 valence electrons. The second kappa shape index (κ2) is 3.35. The van der Waals surface area contributed by atoms with Crippen LogP contribution in [0.5, 0.6) is 0 Å². The molecule has 13 heavy (non-hydrogen) atoms. The van der Waals surface area contributed by atoms with E-state index in [4.69, 9.17) is 11.6 Å². The molecule has 2 rings (SSSR count). The van der Waals surface area contributed by atoms with Crippen LogP contribution < -0.4 is 0 Å². The van der Waals surface area contributed by atoms with Gasteiger partial charge in [-0.3, -0.25) is 0 Å². The molecule has 2 heterocycles. The molecule has 0 bridgehead atoms. The molecule has 0 N–H and O–H groups in total. The largest absolute Gasteiger partial charge is 0.231 e. The highest BCUT2D eigenvalue weighted by Crippen LogP contribution is 2.18. The molecule has 0 spiro atoms. The molecule has 0 unspecified atom stereocenters. The lowest BCUT2D eigenvalue weighted by Gasteiger charge is -1.95. The summed E-state index contributed by atoms with van der Waals surface area (Å²) in [6.45, 7) is 0. The summed E-state index contributed by atoms with van der Waals surface area (Å²) in [5, 5.41) is -0.179. The molecule has 2 aromatic heterocycles. The van der Waals surface area contributed by atoms with Gasteiger partial charge in [-0.15, -0.1) is 0 Å². The van der Waals surface area contributed by atoms with E-state index in [2.05, 4.69) is 19.8 Å². The van der Waals surface area contributed by atoms with E-state index in [0.717, 1.165) is 17.8 Å². The van der Waals surface area contributed by atoms with Crippen LogP contribution in [0.1, 0.15) is 0 Å². The van der Waals surface area contributed by atoms with Gasteiger partial charge in [-0.25, -0.2) is 9.37 Å². The monoisotopic (exact) mass is 214 g/mol. The SMILES string of the molecule is Fc1c[c]c(-c2cnsn2)nc1Cl. The number of rotatable bonds is 1. The molecular formula is C7H2ClFN3S. The van der Waals surface area contributed by atoms with Crippen molar-refractivity contribution < 1.29 is 4.39 Å². The van der Waals surface area contributed by atoms with Gasteiger partial charge in [0.1, 0.15) is 11.4 Å². The Morgan fingerprint density at radius 1 is 1.54 bits per heavy atom. The molecule has 2 aromatic rings. The van der Waals surface area contributed by atoms with Crippen molar-refractivity contribution in [2.75, 3.05) is 0 Å². The van der Waals surface area contributed by atoms with Gasteiger partial charge >= 0.3 is 0 Å². The Bertz CT molecular complexity index is 418. The first kappa shape index (κ1) is 8.52. The lowest BCUT2D eigenvalue weighted by molar-refractivity contribution is 0.622. The van der Waals surface area contributed by atoms with E-state index in [1.807, 2.05) is 0 Å². The maximum atomic E-state index is 12.7. The van der Waals surface area contributed by atoms with E-state index in [1.165, 1.54) is 6.20 Å². The Hall–Kier alpha value is -1.07. The van der Waals surface area contributed by atoms with E-state index in [0.29, 0.717) is 11.4 Å². The number of nitrogens with zero attached hydrogens (tertiary/aromatic N) is 3. The lowest BCUT2D eigenvalue weighted by Crippen LogP contribution is -1.87. The van der Waals surface area contributed by atoms with E-state index < -0.39 is 5.82 Å². The van der Waals surface area contributed by atoms with Crippen molar-refractivity contribution in [1.29, 1.82) is 0 Å². The fourth-order valence-corrected chi connectivity index (χ4v) is 1.33.